The molecule has 76 valence electrons. The maximum Gasteiger partial charge on any atom is 0.0105 e. The molecule has 1 nitrogen and oxygen atoms in total. The molecule has 0 heterocycles. The van der Waals surface area contributed by atoms with Gasteiger partial charge in [0.1, 0.15) is 0 Å². The Bertz CT molecular complexity index is 306. The van der Waals surface area contributed by atoms with Gasteiger partial charge in [-0.25, -0.2) is 0 Å². The minimum absolute atomic E-state index is 0.594. The van der Waals surface area contributed by atoms with Crippen LogP contribution in [0.2, 0.25) is 0 Å². The van der Waals surface area contributed by atoms with Crippen molar-refractivity contribution in [1.29, 1.82) is 0 Å². The Kier molecular flexibility index (Phi) is 2.87. The van der Waals surface area contributed by atoms with E-state index in [1.54, 1.807) is 11.1 Å². The van der Waals surface area contributed by atoms with Crippen LogP contribution in [0.15, 0.2) is 24.3 Å². The fraction of sp³-hybridized carbons (Fsp3) is 0.538. The maximum atomic E-state index is 3.38. The van der Waals surface area contributed by atoms with Crippen molar-refractivity contribution >= 4 is 0 Å². The standard InChI is InChI=1S/C13H19N/c1-10(14-2)12-9-5-7-11-6-3-4-8-13(11)12/h3-4,6,8,10,12,14H,5,7,9H2,1-2H3. The fourth-order valence-corrected chi connectivity index (χ4v) is 2.51. The van der Waals surface area contributed by atoms with Crippen LogP contribution in [0.4, 0.5) is 0 Å². The molecule has 1 aliphatic carbocycles. The average Bonchev–Trinajstić information content (AvgIpc) is 2.27. The van der Waals surface area contributed by atoms with Crippen LogP contribution >= 0.6 is 0 Å². The molecule has 1 N–H and O–H groups in total. The van der Waals surface area contributed by atoms with Gasteiger partial charge in [-0.3, -0.25) is 0 Å². The van der Waals surface area contributed by atoms with E-state index < -0.39 is 0 Å². The molecule has 2 rings (SSSR count). The van der Waals surface area contributed by atoms with Crippen LogP contribution in [0, 0.1) is 0 Å². The van der Waals surface area contributed by atoms with Gasteiger partial charge in [0.05, 0.1) is 0 Å². The van der Waals surface area contributed by atoms with Crippen LogP contribution in [0.3, 0.4) is 0 Å². The topological polar surface area (TPSA) is 12.0 Å². The second-order valence-corrected chi connectivity index (χ2v) is 4.27. The molecule has 2 unspecified atom stereocenters. The average molecular weight is 189 g/mol. The maximum absolute atomic E-state index is 3.38. The summed E-state index contributed by atoms with van der Waals surface area (Å²) in [4.78, 5) is 0. The smallest absolute Gasteiger partial charge is 0.0105 e. The molecule has 1 aromatic rings. The zero-order valence-corrected chi connectivity index (χ0v) is 9.09. The third kappa shape index (κ3) is 1.69. The van der Waals surface area contributed by atoms with Gasteiger partial charge in [-0.1, -0.05) is 24.3 Å². The molecule has 14 heavy (non-hydrogen) atoms. The van der Waals surface area contributed by atoms with E-state index in [1.807, 2.05) is 0 Å². The van der Waals surface area contributed by atoms with Gasteiger partial charge in [-0.05, 0) is 50.3 Å². The largest absolute Gasteiger partial charge is 0.317 e. The van der Waals surface area contributed by atoms with Crippen LogP contribution in [-0.4, -0.2) is 13.1 Å². The highest BCUT2D eigenvalue weighted by Crippen LogP contribution is 2.33. The molecule has 0 aromatic heterocycles. The quantitative estimate of drug-likeness (QED) is 0.754. The van der Waals surface area contributed by atoms with E-state index in [9.17, 15) is 0 Å². The van der Waals surface area contributed by atoms with Crippen molar-refractivity contribution in [3.63, 3.8) is 0 Å². The molecule has 1 aliphatic rings. The molecule has 0 saturated carbocycles. The van der Waals surface area contributed by atoms with Gasteiger partial charge >= 0.3 is 0 Å². The Balaban J connectivity index is 2.30. The van der Waals surface area contributed by atoms with Crippen molar-refractivity contribution in [3.05, 3.63) is 35.4 Å². The Hall–Kier alpha value is -0.820. The zero-order valence-electron chi connectivity index (χ0n) is 9.09. The van der Waals surface area contributed by atoms with Gasteiger partial charge in [0.15, 0.2) is 0 Å². The van der Waals surface area contributed by atoms with Gasteiger partial charge < -0.3 is 5.32 Å². The molecule has 0 aliphatic heterocycles. The molecule has 0 amide bonds. The van der Waals surface area contributed by atoms with E-state index in [0.717, 1.165) is 0 Å². The third-order valence-corrected chi connectivity index (χ3v) is 3.47. The minimum Gasteiger partial charge on any atom is -0.317 e. The third-order valence-electron chi connectivity index (χ3n) is 3.47. The van der Waals surface area contributed by atoms with Crippen molar-refractivity contribution in [2.24, 2.45) is 0 Å². The second kappa shape index (κ2) is 4.14. The van der Waals surface area contributed by atoms with Crippen LogP contribution in [0.1, 0.15) is 36.8 Å². The summed E-state index contributed by atoms with van der Waals surface area (Å²) >= 11 is 0. The first-order valence-corrected chi connectivity index (χ1v) is 5.58. The molecule has 2 atom stereocenters. The number of likely N-dealkylation sites (N-methyl/N-ethyl adjacent to an activating group) is 1. The van der Waals surface area contributed by atoms with Crippen molar-refractivity contribution in [2.45, 2.75) is 38.1 Å². The minimum atomic E-state index is 0.594. The number of hydrogen-bond acceptors (Lipinski definition) is 1. The van der Waals surface area contributed by atoms with Crippen LogP contribution < -0.4 is 5.32 Å². The van der Waals surface area contributed by atoms with Crippen LogP contribution in [-0.2, 0) is 6.42 Å². The number of aryl methyl sites for hydroxylation is 1. The number of hydrogen-bond donors (Lipinski definition) is 1. The summed E-state index contributed by atoms with van der Waals surface area (Å²) in [7, 11) is 2.06. The zero-order chi connectivity index (χ0) is 9.97. The molecule has 0 radical (unpaired) electrons. The molecule has 0 bridgehead atoms. The summed E-state index contributed by atoms with van der Waals surface area (Å²) < 4.78 is 0. The number of nitrogens with one attached hydrogen (secondary N) is 1. The van der Waals surface area contributed by atoms with E-state index in [1.165, 1.54) is 19.3 Å². The van der Waals surface area contributed by atoms with Gasteiger partial charge in [0.2, 0.25) is 0 Å². The number of benzene rings is 1. The van der Waals surface area contributed by atoms with E-state index in [0.29, 0.717) is 12.0 Å². The first kappa shape index (κ1) is 9.72. The van der Waals surface area contributed by atoms with Crippen molar-refractivity contribution in [3.8, 4) is 0 Å². The predicted molar refractivity (Wildman–Crippen MR) is 60.6 cm³/mol. The summed E-state index contributed by atoms with van der Waals surface area (Å²) in [6.45, 7) is 2.28. The van der Waals surface area contributed by atoms with E-state index >= 15 is 0 Å². The monoisotopic (exact) mass is 189 g/mol. The van der Waals surface area contributed by atoms with E-state index in [4.69, 9.17) is 0 Å². The Morgan fingerprint density at radius 2 is 2.14 bits per heavy atom. The number of rotatable bonds is 2. The van der Waals surface area contributed by atoms with Crippen LogP contribution in [0.25, 0.3) is 0 Å². The Morgan fingerprint density at radius 3 is 2.93 bits per heavy atom. The molecule has 0 saturated heterocycles. The SMILES string of the molecule is CNC(C)C1CCCc2ccccc21. The molecule has 0 spiro atoms. The summed E-state index contributed by atoms with van der Waals surface area (Å²) in [6, 6.07) is 9.50. The lowest BCUT2D eigenvalue weighted by Gasteiger charge is -2.30. The first-order valence-electron chi connectivity index (χ1n) is 5.58. The lowest BCUT2D eigenvalue weighted by atomic mass is 9.79. The van der Waals surface area contributed by atoms with Crippen molar-refractivity contribution in [1.82, 2.24) is 5.32 Å². The van der Waals surface area contributed by atoms with Gasteiger partial charge in [0, 0.05) is 6.04 Å². The summed E-state index contributed by atoms with van der Waals surface area (Å²) in [5.74, 6) is 0.713. The lowest BCUT2D eigenvalue weighted by Crippen LogP contribution is -2.31. The summed E-state index contributed by atoms with van der Waals surface area (Å²) in [6.07, 6.45) is 3.94. The summed E-state index contributed by atoms with van der Waals surface area (Å²) in [5.41, 5.74) is 3.13. The van der Waals surface area contributed by atoms with Crippen LogP contribution in [0.5, 0.6) is 0 Å². The molecule has 1 aromatic carbocycles. The van der Waals surface area contributed by atoms with Gasteiger partial charge in [-0.15, -0.1) is 0 Å². The molecule has 1 heteroatoms. The van der Waals surface area contributed by atoms with E-state index in [2.05, 4.69) is 43.6 Å². The van der Waals surface area contributed by atoms with E-state index in [-0.39, 0.29) is 0 Å². The highest BCUT2D eigenvalue weighted by Gasteiger charge is 2.23. The normalized spacial score (nSPS) is 22.9. The Labute approximate surface area is 86.5 Å². The molecular formula is C13H19N. The highest BCUT2D eigenvalue weighted by atomic mass is 14.9. The Morgan fingerprint density at radius 1 is 1.36 bits per heavy atom. The fourth-order valence-electron chi connectivity index (χ4n) is 2.51. The molecular weight excluding hydrogens is 170 g/mol. The first-order chi connectivity index (χ1) is 6.83. The molecule has 0 fully saturated rings. The highest BCUT2D eigenvalue weighted by molar-refractivity contribution is 5.33. The lowest BCUT2D eigenvalue weighted by molar-refractivity contribution is 0.437. The van der Waals surface area contributed by atoms with Crippen molar-refractivity contribution < 1.29 is 0 Å². The van der Waals surface area contributed by atoms with Gasteiger partial charge in [-0.2, -0.15) is 0 Å². The summed E-state index contributed by atoms with van der Waals surface area (Å²) in [5, 5.41) is 3.38. The van der Waals surface area contributed by atoms with Crippen molar-refractivity contribution in [2.75, 3.05) is 7.05 Å². The second-order valence-electron chi connectivity index (χ2n) is 4.27. The van der Waals surface area contributed by atoms with Gasteiger partial charge in [0.25, 0.3) is 0 Å². The predicted octanol–water partition coefficient (Wildman–Crippen LogP) is 2.71. The number of fused-ring (bicyclic) bond motifs is 1.